The number of anilines is 1. The van der Waals surface area contributed by atoms with Gasteiger partial charge in [0.25, 0.3) is 11.7 Å². The van der Waals surface area contributed by atoms with Crippen molar-refractivity contribution in [3.63, 3.8) is 0 Å². The molecule has 3 N–H and O–H groups in total. The summed E-state index contributed by atoms with van der Waals surface area (Å²) in [6.07, 6.45) is -4.09. The van der Waals surface area contributed by atoms with Crippen molar-refractivity contribution in [2.45, 2.75) is 33.1 Å². The second-order valence-corrected chi connectivity index (χ2v) is 7.08. The number of aliphatic hydroxyl groups is 1. The number of aromatic amines is 2. The Morgan fingerprint density at radius 2 is 1.86 bits per heavy atom. The molecule has 0 spiro atoms. The molecule has 1 aliphatic rings. The normalized spacial score (nSPS) is 16.4. The first-order chi connectivity index (χ1) is 13.1. The highest BCUT2D eigenvalue weighted by Gasteiger charge is 2.33. The third-order valence-corrected chi connectivity index (χ3v) is 5.16. The van der Waals surface area contributed by atoms with Crippen LogP contribution >= 0.6 is 0 Å². The topological polar surface area (TPSA) is 73.7 Å². The van der Waals surface area contributed by atoms with Crippen molar-refractivity contribution in [1.82, 2.24) is 9.88 Å². The molecular weight excluding hydrogens is 373 g/mol. The van der Waals surface area contributed by atoms with Gasteiger partial charge >= 0.3 is 6.18 Å². The lowest BCUT2D eigenvalue weighted by Crippen LogP contribution is -2.50. The van der Waals surface area contributed by atoms with Gasteiger partial charge in [0.1, 0.15) is 25.0 Å². The molecule has 2 aromatic heterocycles. The molecule has 0 radical (unpaired) electrons. The molecule has 28 heavy (non-hydrogen) atoms. The number of nitrogens with one attached hydrogen (secondary N) is 2. The highest BCUT2D eigenvalue weighted by molar-refractivity contribution is 5.94. The van der Waals surface area contributed by atoms with Crippen molar-refractivity contribution >= 4 is 11.7 Å². The summed E-state index contributed by atoms with van der Waals surface area (Å²) < 4.78 is 38.0. The molecule has 152 valence electrons. The van der Waals surface area contributed by atoms with Gasteiger partial charge in [0.15, 0.2) is 0 Å². The van der Waals surface area contributed by atoms with Gasteiger partial charge in [-0.3, -0.25) is 9.69 Å². The van der Waals surface area contributed by atoms with Crippen LogP contribution < -0.4 is 9.88 Å². The summed E-state index contributed by atoms with van der Waals surface area (Å²) in [5, 5.41) is 9.90. The largest absolute Gasteiger partial charge is 0.419 e. The van der Waals surface area contributed by atoms with Crippen LogP contribution in [0.3, 0.4) is 0 Å². The quantitative estimate of drug-likeness (QED) is 0.836. The molecule has 0 saturated carbocycles. The van der Waals surface area contributed by atoms with Crippen LogP contribution in [-0.4, -0.2) is 47.1 Å². The van der Waals surface area contributed by atoms with Crippen molar-refractivity contribution in [2.24, 2.45) is 0 Å². The summed E-state index contributed by atoms with van der Waals surface area (Å²) in [6.45, 7) is 7.23. The number of rotatable bonds is 3. The Morgan fingerprint density at radius 1 is 1.21 bits per heavy atom. The van der Waals surface area contributed by atoms with Gasteiger partial charge in [0, 0.05) is 17.3 Å². The summed E-state index contributed by atoms with van der Waals surface area (Å²) in [5.74, 6) is 0.451. The molecule has 0 unspecified atom stereocenters. The molecule has 1 aliphatic heterocycles. The summed E-state index contributed by atoms with van der Waals surface area (Å²) in [6, 6.07) is 2.46. The number of carbonyl (C=O) groups excluding carboxylic acids is 1. The number of H-pyrrole nitrogens is 2. The van der Waals surface area contributed by atoms with Gasteiger partial charge in [0.05, 0.1) is 24.8 Å². The zero-order chi connectivity index (χ0) is 20.6. The Balaban J connectivity index is 1.67. The molecule has 9 heteroatoms. The molecule has 6 nitrogen and oxygen atoms in total. The van der Waals surface area contributed by atoms with E-state index in [1.165, 1.54) is 6.07 Å². The minimum absolute atomic E-state index is 0.136. The maximum Gasteiger partial charge on any atom is 0.419 e. The van der Waals surface area contributed by atoms with Gasteiger partial charge in [-0.05, 0) is 32.4 Å². The fourth-order valence-electron chi connectivity index (χ4n) is 3.70. The zero-order valence-corrected chi connectivity index (χ0v) is 16.0. The molecule has 3 heterocycles. The predicted molar refractivity (Wildman–Crippen MR) is 97.0 cm³/mol. The van der Waals surface area contributed by atoms with E-state index in [-0.39, 0.29) is 5.91 Å². The molecule has 3 rings (SSSR count). The van der Waals surface area contributed by atoms with Gasteiger partial charge in [-0.2, -0.15) is 13.2 Å². The highest BCUT2D eigenvalue weighted by Crippen LogP contribution is 2.29. The Kier molecular flexibility index (Phi) is 5.38. The van der Waals surface area contributed by atoms with Gasteiger partial charge in [-0.25, -0.2) is 4.98 Å². The van der Waals surface area contributed by atoms with Crippen molar-refractivity contribution < 1.29 is 28.1 Å². The fourth-order valence-corrected chi connectivity index (χ4v) is 3.70. The van der Waals surface area contributed by atoms with Crippen molar-refractivity contribution in [2.75, 3.05) is 31.1 Å². The standard InChI is InChI=1S/C19H23F3N4O2/c1-11-16(13(3)27)12(2)24-17(11)18(28)26-8-6-25(7-9-26)15-5-4-14(10-23-15)19(20,21)22/h4-5,10,13,24,27H,6-9H2,1-3H3/p+1/t13-/m1/s1. The van der Waals surface area contributed by atoms with Gasteiger partial charge < -0.3 is 15.0 Å². The lowest BCUT2D eigenvalue weighted by Gasteiger charge is -2.31. The van der Waals surface area contributed by atoms with E-state index in [0.29, 0.717) is 37.7 Å². The van der Waals surface area contributed by atoms with E-state index in [0.717, 1.165) is 29.1 Å². The lowest BCUT2D eigenvalue weighted by atomic mass is 10.1. The molecule has 0 bridgehead atoms. The first-order valence-corrected chi connectivity index (χ1v) is 9.10. The van der Waals surface area contributed by atoms with E-state index in [9.17, 15) is 23.1 Å². The number of alkyl halides is 3. The van der Waals surface area contributed by atoms with E-state index < -0.39 is 17.8 Å². The van der Waals surface area contributed by atoms with Crippen molar-refractivity contribution in [3.05, 3.63) is 46.4 Å². The minimum Gasteiger partial charge on any atom is -0.389 e. The van der Waals surface area contributed by atoms with Crippen molar-refractivity contribution in [3.8, 4) is 0 Å². The van der Waals surface area contributed by atoms with E-state index in [1.807, 2.05) is 18.7 Å². The molecule has 1 fully saturated rings. The highest BCUT2D eigenvalue weighted by atomic mass is 19.4. The first-order valence-electron chi connectivity index (χ1n) is 9.10. The number of halogens is 3. The minimum atomic E-state index is -4.38. The van der Waals surface area contributed by atoms with E-state index in [4.69, 9.17) is 0 Å². The number of pyridine rings is 1. The average Bonchev–Trinajstić information content (AvgIpc) is 2.95. The molecule has 0 aromatic carbocycles. The van der Waals surface area contributed by atoms with Gasteiger partial charge in [-0.15, -0.1) is 0 Å². The van der Waals surface area contributed by atoms with Crippen LogP contribution in [0.25, 0.3) is 0 Å². The van der Waals surface area contributed by atoms with Crippen LogP contribution in [0.1, 0.15) is 45.9 Å². The number of aromatic nitrogens is 2. The third kappa shape index (κ3) is 3.84. The number of amides is 1. The number of hydrogen-bond acceptors (Lipinski definition) is 3. The summed E-state index contributed by atoms with van der Waals surface area (Å²) >= 11 is 0. The maximum absolute atomic E-state index is 12.9. The zero-order valence-electron chi connectivity index (χ0n) is 16.0. The van der Waals surface area contributed by atoms with Crippen LogP contribution in [0.5, 0.6) is 0 Å². The number of piperazine rings is 1. The number of aryl methyl sites for hydroxylation is 1. The van der Waals surface area contributed by atoms with Crippen LogP contribution in [-0.2, 0) is 6.18 Å². The predicted octanol–water partition coefficient (Wildman–Crippen LogP) is 2.48. The first kappa shape index (κ1) is 20.2. The van der Waals surface area contributed by atoms with Crippen LogP contribution in [0.15, 0.2) is 18.3 Å². The summed E-state index contributed by atoms with van der Waals surface area (Å²) in [4.78, 5) is 22.3. The fraction of sp³-hybridized carbons (Fsp3) is 0.474. The monoisotopic (exact) mass is 397 g/mol. The Morgan fingerprint density at radius 3 is 2.32 bits per heavy atom. The number of aliphatic hydroxyl groups excluding tert-OH is 1. The van der Waals surface area contributed by atoms with Gasteiger partial charge in [0.2, 0.25) is 0 Å². The molecular formula is C19H24F3N4O2+. The SMILES string of the molecule is Cc1[nH]c(C(=O)N2CCN(c3ccc(C(F)(F)F)c[nH+]3)CC2)c(C)c1[C@@H](C)O. The molecule has 1 atom stereocenters. The smallest absolute Gasteiger partial charge is 0.389 e. The second kappa shape index (κ2) is 7.46. The molecule has 1 amide bonds. The molecule has 0 aliphatic carbocycles. The van der Waals surface area contributed by atoms with Crippen LogP contribution in [0, 0.1) is 13.8 Å². The van der Waals surface area contributed by atoms with Gasteiger partial charge in [-0.1, -0.05) is 0 Å². The number of nitrogens with zero attached hydrogens (tertiary/aromatic N) is 2. The second-order valence-electron chi connectivity index (χ2n) is 7.08. The van der Waals surface area contributed by atoms with Crippen LogP contribution in [0.4, 0.5) is 19.0 Å². The number of hydrogen-bond donors (Lipinski definition) is 2. The summed E-state index contributed by atoms with van der Waals surface area (Å²) in [5.41, 5.74) is 2.01. The van der Waals surface area contributed by atoms with E-state index in [2.05, 4.69) is 9.97 Å². The molecule has 2 aromatic rings. The Hall–Kier alpha value is -2.55. The summed E-state index contributed by atoms with van der Waals surface area (Å²) in [7, 11) is 0. The number of carbonyl (C=O) groups is 1. The average molecular weight is 397 g/mol. The lowest BCUT2D eigenvalue weighted by molar-refractivity contribution is -0.367. The van der Waals surface area contributed by atoms with E-state index in [1.54, 1.807) is 11.8 Å². The third-order valence-electron chi connectivity index (χ3n) is 5.16. The maximum atomic E-state index is 12.9. The van der Waals surface area contributed by atoms with Crippen LogP contribution in [0.2, 0.25) is 0 Å². The Labute approximate surface area is 161 Å². The Bertz CT molecular complexity index is 851. The van der Waals surface area contributed by atoms with E-state index >= 15 is 0 Å². The molecule has 1 saturated heterocycles. The van der Waals surface area contributed by atoms with Crippen molar-refractivity contribution in [1.29, 1.82) is 0 Å².